The Morgan fingerprint density at radius 2 is 1.65 bits per heavy atom. The predicted molar refractivity (Wildman–Crippen MR) is 138 cm³/mol. The highest BCUT2D eigenvalue weighted by atomic mass is 35.5. The SMILES string of the molecule is CC(=O)c1ccccc1OC(CCc1ccc(Cl)cc1)Cn1ccnc1.CN.c1cc2ccc1-2. The largest absolute Gasteiger partial charge is 0.488 e. The lowest BCUT2D eigenvalue weighted by molar-refractivity contribution is 0.100. The summed E-state index contributed by atoms with van der Waals surface area (Å²) in [4.78, 5) is 16.0. The number of hydrogen-bond donors (Lipinski definition) is 1. The van der Waals surface area contributed by atoms with Gasteiger partial charge in [0, 0.05) is 17.4 Å². The molecule has 0 amide bonds. The molecule has 0 saturated carbocycles. The average molecular weight is 476 g/mol. The number of fused-ring (bicyclic) bond motifs is 1. The second kappa shape index (κ2) is 12.7. The first kappa shape index (κ1) is 25.2. The van der Waals surface area contributed by atoms with Gasteiger partial charge in [-0.1, -0.05) is 60.1 Å². The number of rotatable bonds is 8. The number of ether oxygens (including phenoxy) is 1. The third-order valence-corrected chi connectivity index (χ3v) is 5.67. The summed E-state index contributed by atoms with van der Waals surface area (Å²) in [6, 6.07) is 23.7. The Kier molecular flexibility index (Phi) is 9.44. The fraction of sp³-hybridized carbons (Fsp3) is 0.214. The van der Waals surface area contributed by atoms with Crippen LogP contribution in [-0.2, 0) is 13.0 Å². The van der Waals surface area contributed by atoms with Crippen LogP contribution in [0.3, 0.4) is 0 Å². The first-order valence-electron chi connectivity index (χ1n) is 11.2. The number of ketones is 1. The molecule has 5 nitrogen and oxygen atoms in total. The monoisotopic (exact) mass is 475 g/mol. The summed E-state index contributed by atoms with van der Waals surface area (Å²) in [6.45, 7) is 2.22. The Bertz CT molecular complexity index is 1140. The number of hydrogen-bond acceptors (Lipinski definition) is 4. The van der Waals surface area contributed by atoms with Gasteiger partial charge in [0.05, 0.1) is 18.4 Å². The fourth-order valence-corrected chi connectivity index (χ4v) is 3.62. The van der Waals surface area contributed by atoms with Gasteiger partial charge < -0.3 is 15.0 Å². The van der Waals surface area contributed by atoms with E-state index < -0.39 is 0 Å². The number of aromatic nitrogens is 2. The first-order valence-corrected chi connectivity index (χ1v) is 11.6. The highest BCUT2D eigenvalue weighted by Gasteiger charge is 2.16. The molecule has 1 heterocycles. The normalized spacial score (nSPS) is 11.3. The van der Waals surface area contributed by atoms with E-state index in [1.165, 1.54) is 23.7 Å². The van der Waals surface area contributed by atoms with Gasteiger partial charge in [0.1, 0.15) is 11.9 Å². The smallest absolute Gasteiger partial charge is 0.163 e. The number of benzene rings is 3. The van der Waals surface area contributed by atoms with Crippen LogP contribution in [0.1, 0.15) is 29.3 Å². The van der Waals surface area contributed by atoms with Gasteiger partial charge in [-0.25, -0.2) is 4.98 Å². The van der Waals surface area contributed by atoms with E-state index in [9.17, 15) is 4.79 Å². The molecule has 2 aliphatic rings. The zero-order valence-corrected chi connectivity index (χ0v) is 20.3. The molecule has 0 bridgehead atoms. The molecule has 5 rings (SSSR count). The zero-order valence-electron chi connectivity index (χ0n) is 19.5. The van der Waals surface area contributed by atoms with Crippen LogP contribution in [0.4, 0.5) is 0 Å². The highest BCUT2D eigenvalue weighted by Crippen LogP contribution is 2.29. The van der Waals surface area contributed by atoms with Crippen LogP contribution in [0.15, 0.2) is 91.5 Å². The van der Waals surface area contributed by atoms with Gasteiger partial charge in [-0.2, -0.15) is 0 Å². The fourth-order valence-electron chi connectivity index (χ4n) is 3.50. The number of aryl methyl sites for hydroxylation is 1. The summed E-state index contributed by atoms with van der Waals surface area (Å²) < 4.78 is 8.22. The minimum absolute atomic E-state index is 0.000294. The lowest BCUT2D eigenvalue weighted by atomic mass is 9.95. The molecule has 1 atom stereocenters. The molecule has 2 aromatic carbocycles. The molecule has 1 unspecified atom stereocenters. The van der Waals surface area contributed by atoms with E-state index >= 15 is 0 Å². The molecule has 3 aromatic rings. The maximum atomic E-state index is 11.9. The van der Waals surface area contributed by atoms with Gasteiger partial charge in [0.25, 0.3) is 0 Å². The van der Waals surface area contributed by atoms with Crippen LogP contribution in [0.2, 0.25) is 5.02 Å². The van der Waals surface area contributed by atoms with E-state index in [2.05, 4.69) is 35.0 Å². The van der Waals surface area contributed by atoms with Gasteiger partial charge in [-0.15, -0.1) is 0 Å². The van der Waals surface area contributed by atoms with Crippen molar-refractivity contribution < 1.29 is 9.53 Å². The third kappa shape index (κ3) is 7.04. The van der Waals surface area contributed by atoms with E-state index in [4.69, 9.17) is 16.3 Å². The number of nitrogens with zero attached hydrogens (tertiary/aromatic N) is 2. The van der Waals surface area contributed by atoms with Gasteiger partial charge in [0.2, 0.25) is 0 Å². The predicted octanol–water partition coefficient (Wildman–Crippen LogP) is 6.06. The second-order valence-electron chi connectivity index (χ2n) is 7.79. The molecule has 2 N–H and O–H groups in total. The molecule has 34 heavy (non-hydrogen) atoms. The molecule has 0 radical (unpaired) electrons. The minimum Gasteiger partial charge on any atom is -0.488 e. The number of imidazole rings is 1. The van der Waals surface area contributed by atoms with Crippen molar-refractivity contribution in [2.75, 3.05) is 7.05 Å². The third-order valence-electron chi connectivity index (χ3n) is 5.42. The van der Waals surface area contributed by atoms with E-state index in [0.717, 1.165) is 17.9 Å². The lowest BCUT2D eigenvalue weighted by Gasteiger charge is -2.21. The van der Waals surface area contributed by atoms with Crippen LogP contribution in [0.5, 0.6) is 5.75 Å². The van der Waals surface area contributed by atoms with Crippen LogP contribution in [-0.4, -0.2) is 28.5 Å². The van der Waals surface area contributed by atoms with Gasteiger partial charge in [-0.05, 0) is 67.8 Å². The number of carbonyl (C=O) groups is 1. The van der Waals surface area contributed by atoms with Crippen LogP contribution < -0.4 is 10.5 Å². The van der Waals surface area contributed by atoms with E-state index in [-0.39, 0.29) is 11.9 Å². The van der Waals surface area contributed by atoms with Gasteiger partial charge in [0.15, 0.2) is 5.78 Å². The zero-order chi connectivity index (χ0) is 24.3. The van der Waals surface area contributed by atoms with Crippen molar-refractivity contribution in [2.45, 2.75) is 32.4 Å². The number of para-hydroxylation sites is 1. The minimum atomic E-state index is -0.0830. The lowest BCUT2D eigenvalue weighted by Crippen LogP contribution is -2.24. The first-order chi connectivity index (χ1) is 16.6. The average Bonchev–Trinajstić information content (AvgIpc) is 3.36. The van der Waals surface area contributed by atoms with E-state index in [1.54, 1.807) is 25.5 Å². The summed E-state index contributed by atoms with van der Waals surface area (Å²) in [5, 5.41) is 0.732. The van der Waals surface area contributed by atoms with Gasteiger partial charge >= 0.3 is 0 Å². The highest BCUT2D eigenvalue weighted by molar-refractivity contribution is 6.30. The summed E-state index contributed by atoms with van der Waals surface area (Å²) in [5.74, 6) is 0.626. The molecule has 0 fully saturated rings. The van der Waals surface area contributed by atoms with Gasteiger partial charge in [-0.3, -0.25) is 4.79 Å². The van der Waals surface area contributed by atoms with Crippen molar-refractivity contribution in [2.24, 2.45) is 5.73 Å². The van der Waals surface area contributed by atoms with Crippen LogP contribution in [0, 0.1) is 0 Å². The summed E-state index contributed by atoms with van der Waals surface area (Å²) in [5.41, 5.74) is 9.16. The van der Waals surface area contributed by atoms with Crippen molar-refractivity contribution in [1.29, 1.82) is 0 Å². The maximum absolute atomic E-state index is 11.9. The molecular weight excluding hydrogens is 446 g/mol. The van der Waals surface area contributed by atoms with E-state index in [1.807, 2.05) is 53.2 Å². The Hall–Kier alpha value is -3.41. The standard InChI is InChI=1S/C21H21ClN2O2.C6H4.CH5N/c1-16(25)20-4-2-3-5-21(20)26-19(14-24-13-12-23-15-24)11-8-17-6-9-18(22)10-7-17;1-2-6-4-3-5(1)6;1-2/h2-7,9-10,12-13,15,19H,8,11,14H2,1H3;1-4H;2H2,1H3. The van der Waals surface area contributed by atoms with Crippen molar-refractivity contribution in [3.63, 3.8) is 0 Å². The molecule has 2 aliphatic carbocycles. The number of halogens is 1. The Labute approximate surface area is 206 Å². The van der Waals surface area contributed by atoms with Crippen molar-refractivity contribution in [3.05, 3.63) is 108 Å². The molecule has 0 saturated heterocycles. The number of Topliss-reactive ketones (excluding diaryl/α,β-unsaturated/α-hetero) is 1. The van der Waals surface area contributed by atoms with Crippen LogP contribution in [0.25, 0.3) is 11.1 Å². The summed E-state index contributed by atoms with van der Waals surface area (Å²) >= 11 is 5.96. The summed E-state index contributed by atoms with van der Waals surface area (Å²) in [7, 11) is 1.50. The Morgan fingerprint density at radius 3 is 2.18 bits per heavy atom. The topological polar surface area (TPSA) is 70.1 Å². The van der Waals surface area contributed by atoms with Crippen LogP contribution >= 0.6 is 11.6 Å². The quantitative estimate of drug-likeness (QED) is 0.277. The molecule has 1 aromatic heterocycles. The van der Waals surface area contributed by atoms with E-state index in [0.29, 0.717) is 17.9 Å². The molecule has 0 aliphatic heterocycles. The molecule has 176 valence electrons. The Morgan fingerprint density at radius 1 is 1.00 bits per heavy atom. The maximum Gasteiger partial charge on any atom is 0.163 e. The van der Waals surface area contributed by atoms with Crippen molar-refractivity contribution >= 4 is 17.4 Å². The van der Waals surface area contributed by atoms with Crippen molar-refractivity contribution in [3.8, 4) is 16.9 Å². The molecule has 6 heteroatoms. The number of carbonyl (C=O) groups excluding carboxylic acids is 1. The Balaban J connectivity index is 0.000000340. The second-order valence-corrected chi connectivity index (χ2v) is 8.23. The number of nitrogens with two attached hydrogens (primary N) is 1. The van der Waals surface area contributed by atoms with Crippen molar-refractivity contribution in [1.82, 2.24) is 9.55 Å². The molecule has 0 spiro atoms. The summed E-state index contributed by atoms with van der Waals surface area (Å²) in [6.07, 6.45) is 7.02. The molecular formula is C28H30ClN3O2.